The molecule has 0 aromatic carbocycles. The maximum absolute atomic E-state index is 11.6. The summed E-state index contributed by atoms with van der Waals surface area (Å²) < 4.78 is 5.11. The maximum Gasteiger partial charge on any atom is 0.270 e. The Morgan fingerprint density at radius 1 is 1.71 bits per heavy atom. The molecule has 2 aromatic heterocycles. The maximum atomic E-state index is 11.6. The van der Waals surface area contributed by atoms with Crippen LogP contribution >= 0.6 is 11.3 Å². The van der Waals surface area contributed by atoms with Crippen LogP contribution in [0.15, 0.2) is 33.7 Å². The van der Waals surface area contributed by atoms with E-state index < -0.39 is 5.60 Å². The molecular formula is C11H12N2O3S. The van der Waals surface area contributed by atoms with E-state index in [1.807, 2.05) is 0 Å². The molecule has 0 bridgehead atoms. The Bertz CT molecular complexity index is 477. The van der Waals surface area contributed by atoms with E-state index in [1.165, 1.54) is 17.6 Å². The van der Waals surface area contributed by atoms with Crippen LogP contribution in [0, 0.1) is 0 Å². The quantitative estimate of drug-likeness (QED) is 0.861. The lowest BCUT2D eigenvalue weighted by molar-refractivity contribution is 0.0329. The summed E-state index contributed by atoms with van der Waals surface area (Å²) in [6.07, 6.45) is 1.48. The van der Waals surface area contributed by atoms with Gasteiger partial charge in [-0.05, 0) is 19.1 Å². The van der Waals surface area contributed by atoms with Gasteiger partial charge >= 0.3 is 0 Å². The lowest BCUT2D eigenvalue weighted by Crippen LogP contribution is -2.38. The van der Waals surface area contributed by atoms with Gasteiger partial charge in [-0.1, -0.05) is 0 Å². The Kier molecular flexibility index (Phi) is 3.26. The molecule has 6 heteroatoms. The highest BCUT2D eigenvalue weighted by Crippen LogP contribution is 2.19. The molecule has 1 unspecified atom stereocenters. The average Bonchev–Trinajstić information content (AvgIpc) is 2.97. The van der Waals surface area contributed by atoms with Crippen molar-refractivity contribution in [1.29, 1.82) is 0 Å². The topological polar surface area (TPSA) is 75.4 Å². The third kappa shape index (κ3) is 2.72. The summed E-state index contributed by atoms with van der Waals surface area (Å²) in [5.41, 5.74) is 0.708. The van der Waals surface area contributed by atoms with E-state index in [0.717, 1.165) is 0 Å². The minimum absolute atomic E-state index is 0.0663. The molecule has 0 saturated carbocycles. The lowest BCUT2D eigenvalue weighted by Gasteiger charge is -2.20. The molecule has 0 spiro atoms. The fourth-order valence-corrected chi connectivity index (χ4v) is 1.87. The third-order valence-corrected chi connectivity index (χ3v) is 2.90. The zero-order valence-electron chi connectivity index (χ0n) is 9.21. The predicted octanol–water partition coefficient (Wildman–Crippen LogP) is 1.37. The highest BCUT2D eigenvalue weighted by Gasteiger charge is 2.27. The van der Waals surface area contributed by atoms with Crippen LogP contribution in [0.5, 0.6) is 0 Å². The second-order valence-corrected chi connectivity index (χ2v) is 4.53. The van der Waals surface area contributed by atoms with Crippen molar-refractivity contribution in [3.8, 4) is 0 Å². The number of hydrogen-bond acceptors (Lipinski definition) is 5. The third-order valence-electron chi connectivity index (χ3n) is 2.31. The molecule has 2 N–H and O–H groups in total. The van der Waals surface area contributed by atoms with Crippen molar-refractivity contribution < 1.29 is 14.3 Å². The van der Waals surface area contributed by atoms with Crippen molar-refractivity contribution in [1.82, 2.24) is 10.3 Å². The Balaban J connectivity index is 1.96. The second kappa shape index (κ2) is 4.68. The van der Waals surface area contributed by atoms with Gasteiger partial charge in [-0.25, -0.2) is 4.98 Å². The van der Waals surface area contributed by atoms with Gasteiger partial charge < -0.3 is 14.8 Å². The van der Waals surface area contributed by atoms with Crippen LogP contribution < -0.4 is 5.32 Å². The van der Waals surface area contributed by atoms with Gasteiger partial charge in [0, 0.05) is 5.38 Å². The molecule has 5 nitrogen and oxygen atoms in total. The van der Waals surface area contributed by atoms with Crippen LogP contribution in [-0.4, -0.2) is 22.5 Å². The summed E-state index contributed by atoms with van der Waals surface area (Å²) in [7, 11) is 0. The number of aliphatic hydroxyl groups is 1. The molecule has 1 atom stereocenters. The number of nitrogens with one attached hydrogen (secondary N) is 1. The van der Waals surface area contributed by atoms with Crippen LogP contribution in [0.25, 0.3) is 0 Å². The van der Waals surface area contributed by atoms with E-state index in [1.54, 1.807) is 29.9 Å². The molecule has 0 fully saturated rings. The van der Waals surface area contributed by atoms with Crippen LogP contribution in [0.1, 0.15) is 23.2 Å². The van der Waals surface area contributed by atoms with Crippen LogP contribution in [0.2, 0.25) is 0 Å². The van der Waals surface area contributed by atoms with Gasteiger partial charge in [0.2, 0.25) is 0 Å². The first-order valence-corrected chi connectivity index (χ1v) is 5.96. The number of thiazole rings is 1. The number of hydrogen-bond donors (Lipinski definition) is 2. The molecule has 2 rings (SSSR count). The van der Waals surface area contributed by atoms with E-state index in [0.29, 0.717) is 11.5 Å². The summed E-state index contributed by atoms with van der Waals surface area (Å²) in [5, 5.41) is 14.4. The number of nitrogens with zero attached hydrogens (tertiary/aromatic N) is 1. The van der Waals surface area contributed by atoms with Crippen LogP contribution in [0.4, 0.5) is 0 Å². The van der Waals surface area contributed by atoms with E-state index in [2.05, 4.69) is 10.3 Å². The molecule has 0 aliphatic heterocycles. The van der Waals surface area contributed by atoms with Crippen LogP contribution in [0.3, 0.4) is 0 Å². The molecule has 0 saturated heterocycles. The van der Waals surface area contributed by atoms with Crippen molar-refractivity contribution in [2.45, 2.75) is 12.5 Å². The number of rotatable bonds is 4. The van der Waals surface area contributed by atoms with Crippen molar-refractivity contribution >= 4 is 17.2 Å². The normalized spacial score (nSPS) is 14.2. The van der Waals surface area contributed by atoms with Gasteiger partial charge in [0.1, 0.15) is 17.1 Å². The molecule has 1 amide bonds. The standard InChI is InChI=1S/C11H12N2O3S/c1-11(15,9-3-2-4-16-9)6-12-10(14)8-5-17-7-13-8/h2-5,7,15H,6H2,1H3,(H,12,14). The average molecular weight is 252 g/mol. The van der Waals surface area contributed by atoms with E-state index in [-0.39, 0.29) is 12.5 Å². The Labute approximate surface area is 102 Å². The second-order valence-electron chi connectivity index (χ2n) is 3.81. The van der Waals surface area contributed by atoms with Gasteiger partial charge in [0.05, 0.1) is 18.3 Å². The van der Waals surface area contributed by atoms with E-state index >= 15 is 0 Å². The molecule has 0 aliphatic carbocycles. The molecule has 90 valence electrons. The molecule has 0 aliphatic rings. The molecule has 2 heterocycles. The Hall–Kier alpha value is -1.66. The SMILES string of the molecule is CC(O)(CNC(=O)c1cscn1)c1ccco1. The highest BCUT2D eigenvalue weighted by atomic mass is 32.1. The van der Waals surface area contributed by atoms with Crippen LogP contribution in [-0.2, 0) is 5.60 Å². The molecule has 2 aromatic rings. The first-order chi connectivity index (χ1) is 8.09. The number of aromatic nitrogens is 1. The first-order valence-electron chi connectivity index (χ1n) is 5.02. The number of carbonyl (C=O) groups is 1. The zero-order chi connectivity index (χ0) is 12.3. The van der Waals surface area contributed by atoms with Gasteiger partial charge in [0.25, 0.3) is 5.91 Å². The van der Waals surface area contributed by atoms with Crippen molar-refractivity contribution in [3.63, 3.8) is 0 Å². The van der Waals surface area contributed by atoms with Crippen molar-refractivity contribution in [2.75, 3.05) is 6.54 Å². The minimum atomic E-state index is -1.23. The first kappa shape index (κ1) is 11.8. The van der Waals surface area contributed by atoms with Gasteiger partial charge in [-0.2, -0.15) is 0 Å². The monoisotopic (exact) mass is 252 g/mol. The summed E-state index contributed by atoms with van der Waals surface area (Å²) in [5.74, 6) is 0.106. The van der Waals surface area contributed by atoms with Crippen molar-refractivity contribution in [2.24, 2.45) is 0 Å². The highest BCUT2D eigenvalue weighted by molar-refractivity contribution is 7.07. The number of amides is 1. The molecular weight excluding hydrogens is 240 g/mol. The zero-order valence-corrected chi connectivity index (χ0v) is 10.0. The van der Waals surface area contributed by atoms with E-state index in [9.17, 15) is 9.90 Å². The Morgan fingerprint density at radius 2 is 2.53 bits per heavy atom. The summed E-state index contributed by atoms with van der Waals surface area (Å²) in [6.45, 7) is 1.64. The number of furan rings is 1. The van der Waals surface area contributed by atoms with Crippen molar-refractivity contribution in [3.05, 3.63) is 40.7 Å². The summed E-state index contributed by atoms with van der Waals surface area (Å²) >= 11 is 1.35. The molecule has 17 heavy (non-hydrogen) atoms. The smallest absolute Gasteiger partial charge is 0.270 e. The van der Waals surface area contributed by atoms with Gasteiger partial charge in [-0.3, -0.25) is 4.79 Å². The largest absolute Gasteiger partial charge is 0.466 e. The minimum Gasteiger partial charge on any atom is -0.466 e. The van der Waals surface area contributed by atoms with Gasteiger partial charge in [-0.15, -0.1) is 11.3 Å². The van der Waals surface area contributed by atoms with E-state index in [4.69, 9.17) is 4.42 Å². The predicted molar refractivity (Wildman–Crippen MR) is 62.7 cm³/mol. The summed E-state index contributed by atoms with van der Waals surface area (Å²) in [6, 6.07) is 3.35. The van der Waals surface area contributed by atoms with Gasteiger partial charge in [0.15, 0.2) is 0 Å². The Morgan fingerprint density at radius 3 is 3.12 bits per heavy atom. The number of carbonyl (C=O) groups excluding carboxylic acids is 1. The molecule has 0 radical (unpaired) electrons. The fraction of sp³-hybridized carbons (Fsp3) is 0.273. The summed E-state index contributed by atoms with van der Waals surface area (Å²) in [4.78, 5) is 15.5. The fourth-order valence-electron chi connectivity index (χ4n) is 1.34. The lowest BCUT2D eigenvalue weighted by atomic mass is 10.0.